The Labute approximate surface area is 140 Å². The minimum Gasteiger partial charge on any atom is -0.388 e. The van der Waals surface area contributed by atoms with Crippen LogP contribution in [0, 0.1) is 0 Å². The largest absolute Gasteiger partial charge is 0.388 e. The summed E-state index contributed by atoms with van der Waals surface area (Å²) in [4.78, 5) is 0. The summed E-state index contributed by atoms with van der Waals surface area (Å²) >= 11 is 3.62. The van der Waals surface area contributed by atoms with Crippen LogP contribution in [0.15, 0.2) is 0 Å². The van der Waals surface area contributed by atoms with Gasteiger partial charge in [0.15, 0.2) is 11.6 Å². The van der Waals surface area contributed by atoms with Crippen molar-refractivity contribution < 1.29 is 24.1 Å². The number of hydrogen-bond donors (Lipinski definition) is 1. The van der Waals surface area contributed by atoms with E-state index in [4.69, 9.17) is 18.9 Å². The zero-order valence-corrected chi connectivity index (χ0v) is 15.2. The van der Waals surface area contributed by atoms with Crippen molar-refractivity contribution in [2.45, 2.75) is 74.7 Å². The molecule has 0 radical (unpaired) electrons. The van der Waals surface area contributed by atoms with Gasteiger partial charge in [0.2, 0.25) is 0 Å². The SMILES string of the molecule is CC1(C)O[C@H]([C@H](O)C2SCCCS2)[C@@H]([C@H]2COC(C)(C)O2)O1. The maximum absolute atomic E-state index is 10.8. The number of rotatable bonds is 3. The maximum atomic E-state index is 10.8. The lowest BCUT2D eigenvalue weighted by molar-refractivity contribution is -0.175. The first-order valence-electron chi connectivity index (χ1n) is 7.86. The fraction of sp³-hybridized carbons (Fsp3) is 1.00. The van der Waals surface area contributed by atoms with E-state index in [0.717, 1.165) is 11.5 Å². The first-order valence-corrected chi connectivity index (χ1v) is 9.96. The van der Waals surface area contributed by atoms with Gasteiger partial charge in [-0.15, -0.1) is 23.5 Å². The van der Waals surface area contributed by atoms with E-state index in [1.807, 2.05) is 51.2 Å². The summed E-state index contributed by atoms with van der Waals surface area (Å²) in [6, 6.07) is 0. The molecule has 1 N–H and O–H groups in total. The van der Waals surface area contributed by atoms with Crippen LogP contribution >= 0.6 is 23.5 Å². The second kappa shape index (κ2) is 6.43. The molecule has 3 aliphatic rings. The topological polar surface area (TPSA) is 57.2 Å². The zero-order chi connectivity index (χ0) is 16.0. The van der Waals surface area contributed by atoms with Crippen LogP contribution in [0.1, 0.15) is 34.1 Å². The quantitative estimate of drug-likeness (QED) is 0.837. The van der Waals surface area contributed by atoms with E-state index in [1.165, 1.54) is 6.42 Å². The van der Waals surface area contributed by atoms with Crippen LogP contribution in [0.3, 0.4) is 0 Å². The van der Waals surface area contributed by atoms with Crippen LogP contribution in [0.25, 0.3) is 0 Å². The van der Waals surface area contributed by atoms with E-state index in [0.29, 0.717) is 6.61 Å². The summed E-state index contributed by atoms with van der Waals surface area (Å²) in [5.41, 5.74) is 0. The molecule has 0 spiro atoms. The van der Waals surface area contributed by atoms with Crippen LogP contribution in [-0.2, 0) is 18.9 Å². The number of aliphatic hydroxyl groups is 1. The molecule has 3 saturated heterocycles. The summed E-state index contributed by atoms with van der Waals surface area (Å²) in [5.74, 6) is 0.861. The highest BCUT2D eigenvalue weighted by atomic mass is 32.2. The number of ether oxygens (including phenoxy) is 4. The smallest absolute Gasteiger partial charge is 0.164 e. The average molecular weight is 351 g/mol. The molecule has 3 fully saturated rings. The monoisotopic (exact) mass is 350 g/mol. The van der Waals surface area contributed by atoms with Crippen LogP contribution in [0.2, 0.25) is 0 Å². The molecule has 0 aliphatic carbocycles. The van der Waals surface area contributed by atoms with Crippen LogP contribution in [0.5, 0.6) is 0 Å². The Morgan fingerprint density at radius 3 is 2.27 bits per heavy atom. The van der Waals surface area contributed by atoms with Crippen molar-refractivity contribution in [1.82, 2.24) is 0 Å². The minimum absolute atomic E-state index is 0.133. The fourth-order valence-corrected chi connectivity index (χ4v) is 6.04. The normalized spacial score (nSPS) is 40.0. The van der Waals surface area contributed by atoms with E-state index in [1.54, 1.807) is 0 Å². The molecule has 0 bridgehead atoms. The molecule has 4 atom stereocenters. The molecule has 3 heterocycles. The molecule has 3 aliphatic heterocycles. The minimum atomic E-state index is -0.712. The van der Waals surface area contributed by atoms with Crippen LogP contribution in [0.4, 0.5) is 0 Å². The second-order valence-electron chi connectivity index (χ2n) is 6.89. The van der Waals surface area contributed by atoms with Gasteiger partial charge in [-0.1, -0.05) is 0 Å². The van der Waals surface area contributed by atoms with E-state index < -0.39 is 17.7 Å². The number of aliphatic hydroxyl groups excluding tert-OH is 1. The first-order chi connectivity index (χ1) is 10.3. The van der Waals surface area contributed by atoms with Gasteiger partial charge in [-0.05, 0) is 45.6 Å². The van der Waals surface area contributed by atoms with E-state index in [-0.39, 0.29) is 22.9 Å². The molecule has 22 heavy (non-hydrogen) atoms. The Balaban J connectivity index is 1.72. The Morgan fingerprint density at radius 2 is 1.68 bits per heavy atom. The van der Waals surface area contributed by atoms with Gasteiger partial charge >= 0.3 is 0 Å². The first kappa shape index (κ1) is 17.3. The van der Waals surface area contributed by atoms with E-state index >= 15 is 0 Å². The molecule has 3 rings (SSSR count). The van der Waals surface area contributed by atoms with Crippen LogP contribution in [-0.4, -0.2) is 63.8 Å². The molecule has 5 nitrogen and oxygen atoms in total. The molecule has 0 amide bonds. The second-order valence-corrected chi connectivity index (χ2v) is 9.68. The van der Waals surface area contributed by atoms with Gasteiger partial charge in [0.1, 0.15) is 24.4 Å². The zero-order valence-electron chi connectivity index (χ0n) is 13.6. The van der Waals surface area contributed by atoms with Crippen molar-refractivity contribution in [2.24, 2.45) is 0 Å². The summed E-state index contributed by atoms with van der Waals surface area (Å²) < 4.78 is 23.8. The molecule has 0 unspecified atom stereocenters. The lowest BCUT2D eigenvalue weighted by Crippen LogP contribution is -2.47. The highest BCUT2D eigenvalue weighted by molar-refractivity contribution is 8.17. The van der Waals surface area contributed by atoms with Gasteiger partial charge in [-0.25, -0.2) is 0 Å². The molecule has 0 aromatic rings. The molecular formula is C15H26O5S2. The van der Waals surface area contributed by atoms with Crippen molar-refractivity contribution in [3.05, 3.63) is 0 Å². The number of hydrogen-bond acceptors (Lipinski definition) is 7. The highest BCUT2D eigenvalue weighted by Crippen LogP contribution is 2.41. The third kappa shape index (κ3) is 3.77. The Bertz CT molecular complexity index is 397. The van der Waals surface area contributed by atoms with Crippen molar-refractivity contribution in [3.8, 4) is 0 Å². The van der Waals surface area contributed by atoms with Crippen molar-refractivity contribution in [3.63, 3.8) is 0 Å². The summed E-state index contributed by atoms with van der Waals surface area (Å²) in [6.07, 6.45) is -0.289. The predicted octanol–water partition coefficient (Wildman–Crippen LogP) is 2.22. The molecule has 128 valence electrons. The highest BCUT2D eigenvalue weighted by Gasteiger charge is 2.53. The maximum Gasteiger partial charge on any atom is 0.164 e. The number of thioether (sulfide) groups is 2. The standard InChI is InChI=1S/C15H26O5S2/c1-14(2)17-8-9(18-14)11-12(20-15(3,4)19-11)10(16)13-21-6-5-7-22-13/h9-13,16H,5-8H2,1-4H3/t9-,10+,11-,12-/m1/s1. The predicted molar refractivity (Wildman–Crippen MR) is 88.1 cm³/mol. The van der Waals surface area contributed by atoms with Gasteiger partial charge in [0, 0.05) is 0 Å². The van der Waals surface area contributed by atoms with Gasteiger partial charge in [0.05, 0.1) is 11.2 Å². The fourth-order valence-electron chi connectivity index (χ4n) is 3.10. The Hall–Kier alpha value is 0.500. The summed E-state index contributed by atoms with van der Waals surface area (Å²) in [5, 5.41) is 10.8. The Morgan fingerprint density at radius 1 is 1.00 bits per heavy atom. The van der Waals surface area contributed by atoms with Crippen molar-refractivity contribution >= 4 is 23.5 Å². The van der Waals surface area contributed by atoms with Gasteiger partial charge in [-0.2, -0.15) is 0 Å². The Kier molecular flexibility index (Phi) is 5.06. The van der Waals surface area contributed by atoms with Gasteiger partial charge < -0.3 is 24.1 Å². The molecule has 7 heteroatoms. The third-order valence-electron chi connectivity index (χ3n) is 4.03. The lowest BCUT2D eigenvalue weighted by Gasteiger charge is -2.32. The summed E-state index contributed by atoms with van der Waals surface area (Å²) in [6.45, 7) is 8.02. The van der Waals surface area contributed by atoms with E-state index in [2.05, 4.69) is 0 Å². The lowest BCUT2D eigenvalue weighted by atomic mass is 10.0. The molecule has 0 saturated carbocycles. The van der Waals surface area contributed by atoms with Gasteiger partial charge in [0.25, 0.3) is 0 Å². The average Bonchev–Trinajstić information content (AvgIpc) is 2.98. The van der Waals surface area contributed by atoms with Crippen molar-refractivity contribution in [2.75, 3.05) is 18.1 Å². The molecule has 0 aromatic heterocycles. The molecular weight excluding hydrogens is 324 g/mol. The summed E-state index contributed by atoms with van der Waals surface area (Å²) in [7, 11) is 0. The van der Waals surface area contributed by atoms with E-state index in [9.17, 15) is 5.11 Å². The molecule has 0 aromatic carbocycles. The van der Waals surface area contributed by atoms with Gasteiger partial charge in [-0.3, -0.25) is 0 Å². The van der Waals surface area contributed by atoms with Crippen LogP contribution < -0.4 is 0 Å². The van der Waals surface area contributed by atoms with Crippen molar-refractivity contribution in [1.29, 1.82) is 0 Å². The third-order valence-corrected chi connectivity index (χ3v) is 7.11.